The number of morpholine rings is 1. The molecule has 0 spiro atoms. The number of rotatable bonds is 5. The van der Waals surface area contributed by atoms with Crippen molar-refractivity contribution in [1.82, 2.24) is 24.5 Å². The van der Waals surface area contributed by atoms with Crippen molar-refractivity contribution >= 4 is 49.8 Å². The predicted octanol–water partition coefficient (Wildman–Crippen LogP) is 3.03. The van der Waals surface area contributed by atoms with E-state index in [2.05, 4.69) is 20.2 Å². The van der Waals surface area contributed by atoms with E-state index in [1.54, 1.807) is 36.1 Å². The van der Waals surface area contributed by atoms with Crippen LogP contribution in [0.25, 0.3) is 17.0 Å². The van der Waals surface area contributed by atoms with Crippen molar-refractivity contribution in [2.45, 2.75) is 31.0 Å². The summed E-state index contributed by atoms with van der Waals surface area (Å²) in [7, 11) is -3.27. The molecule has 2 unspecified atom stereocenters. The second kappa shape index (κ2) is 8.36. The monoisotopic (exact) mass is 485 g/mol. The second-order valence-electron chi connectivity index (χ2n) is 8.09. The molecule has 0 radical (unpaired) electrons. The lowest BCUT2D eigenvalue weighted by atomic mass is 10.2. The van der Waals surface area contributed by atoms with Gasteiger partial charge in [0.25, 0.3) is 0 Å². The van der Waals surface area contributed by atoms with E-state index in [4.69, 9.17) is 14.7 Å². The number of thiazole rings is 1. The minimum absolute atomic E-state index is 0.0523. The number of benzene rings is 1. The maximum atomic E-state index is 11.8. The van der Waals surface area contributed by atoms with Gasteiger partial charge >= 0.3 is 0 Å². The summed E-state index contributed by atoms with van der Waals surface area (Å²) < 4.78 is 31.3. The molecule has 1 aliphatic rings. The van der Waals surface area contributed by atoms with E-state index in [9.17, 15) is 8.42 Å². The number of nitrogens with one attached hydrogen (secondary N) is 1. The summed E-state index contributed by atoms with van der Waals surface area (Å²) in [6, 6.07) is 6.55. The minimum Gasteiger partial charge on any atom is -0.372 e. The molecule has 1 N–H and O–H groups in total. The van der Waals surface area contributed by atoms with Gasteiger partial charge < -0.3 is 15.0 Å². The lowest BCUT2D eigenvalue weighted by Crippen LogP contribution is -2.46. The Labute approximate surface area is 195 Å². The summed E-state index contributed by atoms with van der Waals surface area (Å²) in [5.74, 6) is 1.83. The van der Waals surface area contributed by atoms with Crippen LogP contribution in [-0.4, -0.2) is 64.5 Å². The SMILES string of the molecule is CC1CN(c2nc(Nc3ccc(S(C)(=O)=O)cc3)c3ncn(-c4cscn4)c3n2)CC(C)O1. The van der Waals surface area contributed by atoms with Crippen molar-refractivity contribution in [3.63, 3.8) is 0 Å². The molecule has 1 saturated heterocycles. The van der Waals surface area contributed by atoms with Crippen LogP contribution in [-0.2, 0) is 14.6 Å². The molecule has 4 heterocycles. The van der Waals surface area contributed by atoms with Crippen molar-refractivity contribution in [3.8, 4) is 5.82 Å². The highest BCUT2D eigenvalue weighted by molar-refractivity contribution is 7.90. The summed E-state index contributed by atoms with van der Waals surface area (Å²) in [5, 5.41) is 5.22. The first-order valence-corrected chi connectivity index (χ1v) is 13.2. The number of imidazole rings is 1. The topological polar surface area (TPSA) is 115 Å². The standard InChI is InChI=1S/C21H23N7O3S2/c1-13-8-27(9-14(2)31-13)21-25-19(24-15-4-6-16(7-5-15)33(3,29)30)18-20(26-21)28(11-22-18)17-10-32-12-23-17/h4-7,10-14H,8-9H2,1-3H3,(H,24,25,26). The number of hydrogen-bond acceptors (Lipinski definition) is 10. The van der Waals surface area contributed by atoms with E-state index >= 15 is 0 Å². The average molecular weight is 486 g/mol. The van der Waals surface area contributed by atoms with Crippen LogP contribution in [0.4, 0.5) is 17.5 Å². The van der Waals surface area contributed by atoms with Gasteiger partial charge in [0.2, 0.25) is 5.95 Å². The molecule has 0 aliphatic carbocycles. The Morgan fingerprint density at radius 1 is 1.09 bits per heavy atom. The molecule has 0 saturated carbocycles. The number of ether oxygens (including phenoxy) is 1. The highest BCUT2D eigenvalue weighted by Gasteiger charge is 2.26. The van der Waals surface area contributed by atoms with E-state index in [1.807, 2.05) is 23.8 Å². The minimum atomic E-state index is -3.27. The van der Waals surface area contributed by atoms with E-state index in [0.717, 1.165) is 5.82 Å². The van der Waals surface area contributed by atoms with Crippen molar-refractivity contribution in [1.29, 1.82) is 0 Å². The number of sulfone groups is 1. The zero-order valence-electron chi connectivity index (χ0n) is 18.3. The Kier molecular flexibility index (Phi) is 5.51. The predicted molar refractivity (Wildman–Crippen MR) is 127 cm³/mol. The molecule has 10 nitrogen and oxygen atoms in total. The van der Waals surface area contributed by atoms with Gasteiger partial charge in [0.15, 0.2) is 32.6 Å². The van der Waals surface area contributed by atoms with Crippen LogP contribution >= 0.6 is 11.3 Å². The fourth-order valence-corrected chi connectivity index (χ4v) is 5.03. The molecule has 172 valence electrons. The highest BCUT2D eigenvalue weighted by atomic mass is 32.2. The maximum Gasteiger partial charge on any atom is 0.229 e. The summed E-state index contributed by atoms with van der Waals surface area (Å²) >= 11 is 1.49. The fourth-order valence-electron chi connectivity index (χ4n) is 3.87. The van der Waals surface area contributed by atoms with Gasteiger partial charge in [0.1, 0.15) is 6.33 Å². The normalized spacial score (nSPS) is 19.2. The Morgan fingerprint density at radius 2 is 1.82 bits per heavy atom. The van der Waals surface area contributed by atoms with Crippen LogP contribution in [0.1, 0.15) is 13.8 Å². The van der Waals surface area contributed by atoms with Crippen LogP contribution in [0.15, 0.2) is 46.4 Å². The molecule has 1 aliphatic heterocycles. The summed E-state index contributed by atoms with van der Waals surface area (Å²) in [5.41, 5.74) is 3.68. The van der Waals surface area contributed by atoms with Crippen LogP contribution in [0.2, 0.25) is 0 Å². The molecule has 12 heteroatoms. The number of fused-ring (bicyclic) bond motifs is 1. The Morgan fingerprint density at radius 3 is 2.45 bits per heavy atom. The molecule has 1 fully saturated rings. The van der Waals surface area contributed by atoms with Gasteiger partial charge in [-0.25, -0.2) is 18.4 Å². The van der Waals surface area contributed by atoms with Gasteiger partial charge in [0, 0.05) is 30.4 Å². The molecular formula is C21H23N7O3S2. The summed E-state index contributed by atoms with van der Waals surface area (Å²) in [6.07, 6.45) is 2.97. The van der Waals surface area contributed by atoms with Crippen molar-refractivity contribution in [2.75, 3.05) is 29.6 Å². The zero-order chi connectivity index (χ0) is 23.2. The van der Waals surface area contributed by atoms with Gasteiger partial charge in [-0.05, 0) is 38.1 Å². The second-order valence-corrected chi connectivity index (χ2v) is 10.8. The molecule has 2 atom stereocenters. The Bertz CT molecular complexity index is 1380. The summed E-state index contributed by atoms with van der Waals surface area (Å²) in [4.78, 5) is 20.9. The zero-order valence-corrected chi connectivity index (χ0v) is 20.0. The van der Waals surface area contributed by atoms with Crippen LogP contribution in [0.5, 0.6) is 0 Å². The molecule has 1 aromatic carbocycles. The third kappa shape index (κ3) is 4.41. The van der Waals surface area contributed by atoms with Gasteiger partial charge in [-0.1, -0.05) is 0 Å². The first kappa shape index (κ1) is 21.7. The first-order chi connectivity index (χ1) is 15.8. The molecule has 0 amide bonds. The number of anilines is 3. The molecule has 5 rings (SSSR count). The van der Waals surface area contributed by atoms with Crippen LogP contribution < -0.4 is 10.2 Å². The average Bonchev–Trinajstić information content (AvgIpc) is 3.42. The third-order valence-electron chi connectivity index (χ3n) is 5.30. The number of hydrogen-bond donors (Lipinski definition) is 1. The van der Waals surface area contributed by atoms with E-state index in [-0.39, 0.29) is 17.1 Å². The highest BCUT2D eigenvalue weighted by Crippen LogP contribution is 2.29. The Hall–Kier alpha value is -3.09. The Balaban J connectivity index is 1.59. The maximum absolute atomic E-state index is 11.8. The molecule has 3 aromatic heterocycles. The van der Waals surface area contributed by atoms with Gasteiger partial charge in [0.05, 0.1) is 22.6 Å². The quantitative estimate of drug-likeness (QED) is 0.455. The van der Waals surface area contributed by atoms with Crippen molar-refractivity contribution in [2.24, 2.45) is 0 Å². The van der Waals surface area contributed by atoms with Gasteiger partial charge in [-0.2, -0.15) is 9.97 Å². The molecule has 4 aromatic rings. The van der Waals surface area contributed by atoms with Crippen molar-refractivity contribution < 1.29 is 13.2 Å². The van der Waals surface area contributed by atoms with E-state index in [0.29, 0.717) is 41.7 Å². The van der Waals surface area contributed by atoms with Crippen molar-refractivity contribution in [3.05, 3.63) is 41.5 Å². The van der Waals surface area contributed by atoms with Gasteiger partial charge in [-0.3, -0.25) is 4.57 Å². The molecule has 33 heavy (non-hydrogen) atoms. The largest absolute Gasteiger partial charge is 0.372 e. The van der Waals surface area contributed by atoms with Crippen LogP contribution in [0, 0.1) is 0 Å². The van der Waals surface area contributed by atoms with Gasteiger partial charge in [-0.15, -0.1) is 11.3 Å². The fraction of sp³-hybridized carbons (Fsp3) is 0.333. The lowest BCUT2D eigenvalue weighted by molar-refractivity contribution is -0.00569. The van der Waals surface area contributed by atoms with E-state index < -0.39 is 9.84 Å². The lowest BCUT2D eigenvalue weighted by Gasteiger charge is -2.35. The number of nitrogens with zero attached hydrogens (tertiary/aromatic N) is 6. The first-order valence-electron chi connectivity index (χ1n) is 10.4. The van der Waals surface area contributed by atoms with E-state index in [1.165, 1.54) is 17.6 Å². The molecular weight excluding hydrogens is 462 g/mol. The molecule has 0 bridgehead atoms. The number of aromatic nitrogens is 5. The third-order valence-corrected chi connectivity index (χ3v) is 7.00. The van der Waals surface area contributed by atoms with Crippen LogP contribution in [0.3, 0.4) is 0 Å². The summed E-state index contributed by atoms with van der Waals surface area (Å²) in [6.45, 7) is 5.40. The smallest absolute Gasteiger partial charge is 0.229 e.